The van der Waals surface area contributed by atoms with Crippen molar-refractivity contribution >= 4 is 0 Å². The van der Waals surface area contributed by atoms with Crippen molar-refractivity contribution in [2.45, 2.75) is 39.2 Å². The monoisotopic (exact) mass is 227 g/mol. The van der Waals surface area contributed by atoms with Gasteiger partial charge in [0.25, 0.3) is 6.08 Å². The fraction of sp³-hybridized carbons (Fsp3) is 0.692. The molecule has 2 rings (SSSR count). The van der Waals surface area contributed by atoms with Gasteiger partial charge in [0, 0.05) is 24.2 Å². The highest BCUT2D eigenvalue weighted by molar-refractivity contribution is 5.30. The fourth-order valence-electron chi connectivity index (χ4n) is 3.15. The molecule has 0 aromatic carbocycles. The Morgan fingerprint density at radius 1 is 1.25 bits per heavy atom. The predicted molar refractivity (Wildman–Crippen MR) is 61.4 cm³/mol. The van der Waals surface area contributed by atoms with Gasteiger partial charge in [-0.3, -0.25) is 4.90 Å². The minimum absolute atomic E-state index is 0.00361. The Kier molecular flexibility index (Phi) is 2.50. The molecule has 0 aromatic rings. The first-order valence-electron chi connectivity index (χ1n) is 5.71. The Morgan fingerprint density at radius 3 is 2.31 bits per heavy atom. The van der Waals surface area contributed by atoms with Crippen molar-refractivity contribution in [3.8, 4) is 0 Å². The van der Waals surface area contributed by atoms with E-state index in [1.54, 1.807) is 0 Å². The quantitative estimate of drug-likeness (QED) is 0.572. The van der Waals surface area contributed by atoms with Crippen LogP contribution in [0.25, 0.3) is 0 Å². The zero-order valence-electron chi connectivity index (χ0n) is 10.2. The zero-order chi connectivity index (χ0) is 12.1. The van der Waals surface area contributed by atoms with Gasteiger partial charge in [-0.2, -0.15) is 8.78 Å². The molecule has 16 heavy (non-hydrogen) atoms. The number of fused-ring (bicyclic) bond motifs is 1. The molecule has 90 valence electrons. The average Bonchev–Trinajstić information content (AvgIpc) is 2.55. The van der Waals surface area contributed by atoms with Gasteiger partial charge in [0.1, 0.15) is 0 Å². The third-order valence-electron chi connectivity index (χ3n) is 4.11. The lowest BCUT2D eigenvalue weighted by atomic mass is 9.70. The van der Waals surface area contributed by atoms with E-state index in [0.717, 1.165) is 13.0 Å². The van der Waals surface area contributed by atoms with Gasteiger partial charge < -0.3 is 0 Å². The SMILES string of the molecule is C=C1CN2CC(=C(F)F)CC2(C(C)(C)C)C1. The Labute approximate surface area is 95.8 Å². The molecule has 0 amide bonds. The van der Waals surface area contributed by atoms with Crippen molar-refractivity contribution in [2.24, 2.45) is 5.41 Å². The predicted octanol–water partition coefficient (Wildman–Crippen LogP) is 3.59. The molecule has 2 heterocycles. The van der Waals surface area contributed by atoms with E-state index in [-0.39, 0.29) is 11.0 Å². The smallest absolute Gasteiger partial charge is 0.270 e. The molecule has 3 heteroatoms. The van der Waals surface area contributed by atoms with Crippen LogP contribution in [0, 0.1) is 5.41 Å². The van der Waals surface area contributed by atoms with E-state index >= 15 is 0 Å². The minimum Gasteiger partial charge on any atom is -0.288 e. The molecule has 2 saturated heterocycles. The van der Waals surface area contributed by atoms with Crippen LogP contribution in [0.1, 0.15) is 33.6 Å². The fourth-order valence-corrected chi connectivity index (χ4v) is 3.15. The molecule has 2 fully saturated rings. The lowest BCUT2D eigenvalue weighted by Gasteiger charge is -2.43. The average molecular weight is 227 g/mol. The first kappa shape index (κ1) is 11.8. The number of rotatable bonds is 0. The van der Waals surface area contributed by atoms with Crippen molar-refractivity contribution in [1.82, 2.24) is 4.90 Å². The second-order valence-corrected chi connectivity index (χ2v) is 6.11. The second-order valence-electron chi connectivity index (χ2n) is 6.11. The third-order valence-corrected chi connectivity index (χ3v) is 4.11. The van der Waals surface area contributed by atoms with Crippen LogP contribution in [0.5, 0.6) is 0 Å². The molecule has 2 aliphatic heterocycles. The van der Waals surface area contributed by atoms with Crippen LogP contribution in [-0.4, -0.2) is 23.5 Å². The van der Waals surface area contributed by atoms with E-state index in [1.165, 1.54) is 5.57 Å². The molecular formula is C13H19F2N. The summed E-state index contributed by atoms with van der Waals surface area (Å²) in [5.74, 6) is 0. The van der Waals surface area contributed by atoms with Crippen LogP contribution in [0.15, 0.2) is 23.8 Å². The lowest BCUT2D eigenvalue weighted by molar-refractivity contribution is 0.0645. The number of nitrogens with zero attached hydrogens (tertiary/aromatic N) is 1. The van der Waals surface area contributed by atoms with Crippen molar-refractivity contribution in [3.63, 3.8) is 0 Å². The summed E-state index contributed by atoms with van der Waals surface area (Å²) in [6.07, 6.45) is -0.130. The van der Waals surface area contributed by atoms with Crippen LogP contribution in [0.3, 0.4) is 0 Å². The van der Waals surface area contributed by atoms with E-state index < -0.39 is 6.08 Å². The molecule has 0 radical (unpaired) electrons. The number of hydrogen-bond acceptors (Lipinski definition) is 1. The van der Waals surface area contributed by atoms with Crippen LogP contribution >= 0.6 is 0 Å². The van der Waals surface area contributed by atoms with Crippen LogP contribution in [0.4, 0.5) is 8.78 Å². The Hall–Kier alpha value is -0.700. The Morgan fingerprint density at radius 2 is 1.88 bits per heavy atom. The lowest BCUT2D eigenvalue weighted by Crippen LogP contribution is -2.48. The van der Waals surface area contributed by atoms with Gasteiger partial charge in [-0.25, -0.2) is 0 Å². The molecule has 0 bridgehead atoms. The van der Waals surface area contributed by atoms with Gasteiger partial charge in [-0.1, -0.05) is 32.9 Å². The zero-order valence-corrected chi connectivity index (χ0v) is 10.2. The molecule has 1 nitrogen and oxygen atoms in total. The number of halogens is 2. The van der Waals surface area contributed by atoms with Gasteiger partial charge >= 0.3 is 0 Å². The Balaban J connectivity index is 2.40. The first-order valence-corrected chi connectivity index (χ1v) is 5.71. The van der Waals surface area contributed by atoms with Gasteiger partial charge in [0.2, 0.25) is 0 Å². The topological polar surface area (TPSA) is 3.24 Å². The summed E-state index contributed by atoms with van der Waals surface area (Å²) in [4.78, 5) is 2.18. The maximum Gasteiger partial charge on any atom is 0.270 e. The standard InChI is InChI=1S/C13H19F2N/c1-9-5-13(12(2,3)4)6-10(11(14)15)8-16(13)7-9/h1,5-8H2,2-4H3. The summed E-state index contributed by atoms with van der Waals surface area (Å²) in [5, 5.41) is 0. The normalized spacial score (nSPS) is 31.1. The molecule has 2 aliphatic rings. The highest BCUT2D eigenvalue weighted by Gasteiger charge is 2.55. The van der Waals surface area contributed by atoms with Gasteiger partial charge in [-0.15, -0.1) is 0 Å². The Bertz CT molecular complexity index is 361. The molecular weight excluding hydrogens is 208 g/mol. The van der Waals surface area contributed by atoms with Crippen molar-refractivity contribution in [1.29, 1.82) is 0 Å². The first-order chi connectivity index (χ1) is 7.26. The van der Waals surface area contributed by atoms with Gasteiger partial charge in [-0.05, 0) is 18.3 Å². The maximum absolute atomic E-state index is 12.7. The molecule has 0 spiro atoms. The van der Waals surface area contributed by atoms with E-state index in [0.29, 0.717) is 18.5 Å². The summed E-state index contributed by atoms with van der Waals surface area (Å²) < 4.78 is 25.5. The summed E-state index contributed by atoms with van der Waals surface area (Å²) in [5.41, 5.74) is 1.36. The summed E-state index contributed by atoms with van der Waals surface area (Å²) in [7, 11) is 0. The molecule has 1 atom stereocenters. The summed E-state index contributed by atoms with van der Waals surface area (Å²) in [6, 6.07) is 0. The molecule has 0 saturated carbocycles. The molecule has 0 aromatic heterocycles. The van der Waals surface area contributed by atoms with E-state index in [9.17, 15) is 8.78 Å². The highest BCUT2D eigenvalue weighted by Crippen LogP contribution is 2.53. The summed E-state index contributed by atoms with van der Waals surface area (Å²) >= 11 is 0. The van der Waals surface area contributed by atoms with Crippen molar-refractivity contribution in [2.75, 3.05) is 13.1 Å². The van der Waals surface area contributed by atoms with Crippen LogP contribution in [-0.2, 0) is 0 Å². The molecule has 0 N–H and O–H groups in total. The second kappa shape index (κ2) is 3.39. The molecule has 0 aliphatic carbocycles. The van der Waals surface area contributed by atoms with Crippen LogP contribution in [0.2, 0.25) is 0 Å². The largest absolute Gasteiger partial charge is 0.288 e. The van der Waals surface area contributed by atoms with Gasteiger partial charge in [0.15, 0.2) is 0 Å². The molecule has 1 unspecified atom stereocenters. The van der Waals surface area contributed by atoms with E-state index in [4.69, 9.17) is 0 Å². The minimum atomic E-state index is -1.48. The van der Waals surface area contributed by atoms with Crippen LogP contribution < -0.4 is 0 Å². The maximum atomic E-state index is 12.7. The summed E-state index contributed by atoms with van der Waals surface area (Å²) in [6.45, 7) is 11.6. The van der Waals surface area contributed by atoms with E-state index in [2.05, 4.69) is 32.3 Å². The number of hydrogen-bond donors (Lipinski definition) is 0. The van der Waals surface area contributed by atoms with Gasteiger partial charge in [0.05, 0.1) is 0 Å². The highest BCUT2D eigenvalue weighted by atomic mass is 19.3. The van der Waals surface area contributed by atoms with Crippen molar-refractivity contribution < 1.29 is 8.78 Å². The van der Waals surface area contributed by atoms with Crippen molar-refractivity contribution in [3.05, 3.63) is 23.8 Å². The van der Waals surface area contributed by atoms with E-state index in [1.807, 2.05) is 0 Å². The third kappa shape index (κ3) is 1.53.